The Morgan fingerprint density at radius 2 is 1.56 bits per heavy atom. The first-order valence-electron chi connectivity index (χ1n) is 7.57. The Kier molecular flexibility index (Phi) is 4.70. The first-order chi connectivity index (χ1) is 12.1. The maximum Gasteiger partial charge on any atom is 0.143 e. The summed E-state index contributed by atoms with van der Waals surface area (Å²) in [6, 6.07) is 21.6. The van der Waals surface area contributed by atoms with Gasteiger partial charge in [-0.05, 0) is 24.6 Å². The average molecular weight is 342 g/mol. The number of nitrogen functional groups attached to an aromatic ring is 1. The second-order valence-corrected chi connectivity index (χ2v) is 6.49. The third-order valence-corrected chi connectivity index (χ3v) is 4.71. The van der Waals surface area contributed by atoms with Crippen LogP contribution in [-0.2, 0) is 0 Å². The first-order valence-corrected chi connectivity index (χ1v) is 8.39. The molecule has 2 N–H and O–H groups in total. The summed E-state index contributed by atoms with van der Waals surface area (Å²) in [4.78, 5) is 5.27. The van der Waals surface area contributed by atoms with E-state index in [1.165, 1.54) is 11.8 Å². The molecule has 4 nitrogen and oxygen atoms in total. The second-order valence-electron chi connectivity index (χ2n) is 5.43. The lowest BCUT2D eigenvalue weighted by Crippen LogP contribution is -2.03. The van der Waals surface area contributed by atoms with E-state index in [4.69, 9.17) is 5.73 Å². The van der Waals surface area contributed by atoms with Crippen molar-refractivity contribution in [1.82, 2.24) is 4.98 Å². The van der Waals surface area contributed by atoms with Crippen LogP contribution in [0.3, 0.4) is 0 Å². The molecule has 1 aromatic heterocycles. The highest BCUT2D eigenvalue weighted by Gasteiger charge is 2.20. The average Bonchev–Trinajstić information content (AvgIpc) is 2.64. The summed E-state index contributed by atoms with van der Waals surface area (Å²) >= 11 is 1.37. The van der Waals surface area contributed by atoms with Crippen molar-refractivity contribution in [2.24, 2.45) is 0 Å². The van der Waals surface area contributed by atoms with Crippen LogP contribution in [0.2, 0.25) is 0 Å². The van der Waals surface area contributed by atoms with E-state index in [1.807, 2.05) is 61.5 Å². The van der Waals surface area contributed by atoms with Crippen molar-refractivity contribution in [3.05, 3.63) is 71.3 Å². The van der Waals surface area contributed by atoms with E-state index in [0.29, 0.717) is 16.2 Å². The molecule has 0 saturated carbocycles. The summed E-state index contributed by atoms with van der Waals surface area (Å²) in [5.74, 6) is 0.134. The van der Waals surface area contributed by atoms with Crippen LogP contribution in [0.15, 0.2) is 64.5 Å². The quantitative estimate of drug-likeness (QED) is 0.755. The fourth-order valence-electron chi connectivity index (χ4n) is 2.48. The summed E-state index contributed by atoms with van der Waals surface area (Å²) in [6.07, 6.45) is 0. The molecule has 0 aliphatic heterocycles. The number of aromatic nitrogens is 1. The molecule has 0 saturated heterocycles. The van der Waals surface area contributed by atoms with E-state index in [0.717, 1.165) is 16.0 Å². The predicted octanol–water partition coefficient (Wildman–Crippen LogP) is 4.53. The molecule has 3 rings (SSSR count). The number of nitriles is 2. The van der Waals surface area contributed by atoms with Gasteiger partial charge in [0.25, 0.3) is 0 Å². The topological polar surface area (TPSA) is 86.5 Å². The van der Waals surface area contributed by atoms with Crippen molar-refractivity contribution in [2.45, 2.75) is 16.8 Å². The lowest BCUT2D eigenvalue weighted by molar-refractivity contribution is 1.11. The van der Waals surface area contributed by atoms with Crippen molar-refractivity contribution in [3.8, 4) is 23.3 Å². The summed E-state index contributed by atoms with van der Waals surface area (Å²) in [7, 11) is 0. The fourth-order valence-corrected chi connectivity index (χ4v) is 3.37. The number of hydrogen-bond donors (Lipinski definition) is 1. The highest BCUT2D eigenvalue weighted by Crippen LogP contribution is 2.38. The maximum absolute atomic E-state index is 9.74. The van der Waals surface area contributed by atoms with E-state index in [9.17, 15) is 10.5 Å². The zero-order valence-corrected chi connectivity index (χ0v) is 14.3. The minimum Gasteiger partial charge on any atom is -0.383 e. The number of nitrogens with two attached hydrogens (primary N) is 1. The number of hydrogen-bond acceptors (Lipinski definition) is 5. The molecule has 0 unspecified atom stereocenters. The Balaban J connectivity index is 2.21. The highest BCUT2D eigenvalue weighted by molar-refractivity contribution is 7.99. The third kappa shape index (κ3) is 3.33. The molecule has 5 heteroatoms. The van der Waals surface area contributed by atoms with Crippen LogP contribution >= 0.6 is 11.8 Å². The zero-order chi connectivity index (χ0) is 17.8. The number of anilines is 1. The summed E-state index contributed by atoms with van der Waals surface area (Å²) < 4.78 is 0. The SMILES string of the molecule is Cc1ccc(Sc2nc(N)c(C#N)c(-c3ccccc3)c2C#N)cc1. The van der Waals surface area contributed by atoms with Gasteiger partial charge in [0.2, 0.25) is 0 Å². The monoisotopic (exact) mass is 342 g/mol. The second kappa shape index (κ2) is 7.09. The van der Waals surface area contributed by atoms with Gasteiger partial charge in [0.05, 0.1) is 5.56 Å². The molecule has 25 heavy (non-hydrogen) atoms. The molecule has 1 heterocycles. The predicted molar refractivity (Wildman–Crippen MR) is 98.8 cm³/mol. The smallest absolute Gasteiger partial charge is 0.143 e. The first kappa shape index (κ1) is 16.6. The molecular formula is C20H14N4S. The lowest BCUT2D eigenvalue weighted by Gasteiger charge is -2.13. The van der Waals surface area contributed by atoms with Crippen molar-refractivity contribution < 1.29 is 0 Å². The lowest BCUT2D eigenvalue weighted by atomic mass is 9.97. The van der Waals surface area contributed by atoms with Crippen LogP contribution in [0.25, 0.3) is 11.1 Å². The number of benzene rings is 2. The largest absolute Gasteiger partial charge is 0.383 e. The summed E-state index contributed by atoms with van der Waals surface area (Å²) in [6.45, 7) is 2.01. The van der Waals surface area contributed by atoms with Gasteiger partial charge in [-0.1, -0.05) is 59.8 Å². The zero-order valence-electron chi connectivity index (χ0n) is 13.5. The Labute approximate surface area is 150 Å². The van der Waals surface area contributed by atoms with Crippen molar-refractivity contribution >= 4 is 17.6 Å². The molecule has 120 valence electrons. The number of pyridine rings is 1. The molecule has 0 fully saturated rings. The third-order valence-electron chi connectivity index (χ3n) is 3.71. The van der Waals surface area contributed by atoms with Crippen LogP contribution in [-0.4, -0.2) is 4.98 Å². The van der Waals surface area contributed by atoms with Gasteiger partial charge in [0.15, 0.2) is 0 Å². The Morgan fingerprint density at radius 3 is 2.16 bits per heavy atom. The molecular weight excluding hydrogens is 328 g/mol. The van der Waals surface area contributed by atoms with Crippen LogP contribution in [0.4, 0.5) is 5.82 Å². The molecule has 0 radical (unpaired) electrons. The normalized spacial score (nSPS) is 10.0. The summed E-state index contributed by atoms with van der Waals surface area (Å²) in [5, 5.41) is 19.7. The van der Waals surface area contributed by atoms with Gasteiger partial charge in [0, 0.05) is 10.5 Å². The van der Waals surface area contributed by atoms with Gasteiger partial charge in [-0.25, -0.2) is 4.98 Å². The Morgan fingerprint density at radius 1 is 0.920 bits per heavy atom. The molecule has 2 aromatic carbocycles. The van der Waals surface area contributed by atoms with E-state index >= 15 is 0 Å². The number of aryl methyl sites for hydroxylation is 1. The van der Waals surface area contributed by atoms with Gasteiger partial charge in [-0.3, -0.25) is 0 Å². The van der Waals surface area contributed by atoms with Gasteiger partial charge < -0.3 is 5.73 Å². The molecule has 0 bridgehead atoms. The van der Waals surface area contributed by atoms with E-state index in [-0.39, 0.29) is 11.4 Å². The number of nitrogens with zero attached hydrogens (tertiary/aromatic N) is 3. The standard InChI is InChI=1S/C20H14N4S/c1-13-7-9-15(10-8-13)25-20-17(12-22)18(14-5-3-2-4-6-14)16(11-21)19(23)24-20/h2-10H,1H3,(H2,23,24). The molecule has 0 amide bonds. The Bertz CT molecular complexity index is 997. The van der Waals surface area contributed by atoms with E-state index in [1.54, 1.807) is 0 Å². The maximum atomic E-state index is 9.74. The molecule has 0 atom stereocenters. The molecule has 0 aliphatic rings. The van der Waals surface area contributed by atoms with E-state index < -0.39 is 0 Å². The highest BCUT2D eigenvalue weighted by atomic mass is 32.2. The molecule has 0 aliphatic carbocycles. The minimum absolute atomic E-state index is 0.134. The van der Waals surface area contributed by atoms with Crippen LogP contribution in [0.5, 0.6) is 0 Å². The van der Waals surface area contributed by atoms with Gasteiger partial charge in [0.1, 0.15) is 28.5 Å². The fraction of sp³-hybridized carbons (Fsp3) is 0.0500. The molecule has 0 spiro atoms. The van der Waals surface area contributed by atoms with Crippen LogP contribution in [0, 0.1) is 29.6 Å². The van der Waals surface area contributed by atoms with Crippen molar-refractivity contribution in [3.63, 3.8) is 0 Å². The van der Waals surface area contributed by atoms with Gasteiger partial charge in [-0.15, -0.1) is 0 Å². The van der Waals surface area contributed by atoms with Gasteiger partial charge in [-0.2, -0.15) is 10.5 Å². The Hall–Kier alpha value is -3.28. The van der Waals surface area contributed by atoms with Crippen LogP contribution < -0.4 is 5.73 Å². The van der Waals surface area contributed by atoms with Gasteiger partial charge >= 0.3 is 0 Å². The summed E-state index contributed by atoms with van der Waals surface area (Å²) in [5.41, 5.74) is 9.07. The van der Waals surface area contributed by atoms with Crippen molar-refractivity contribution in [1.29, 1.82) is 10.5 Å². The van der Waals surface area contributed by atoms with Crippen LogP contribution in [0.1, 0.15) is 16.7 Å². The molecule has 3 aromatic rings. The van der Waals surface area contributed by atoms with Crippen molar-refractivity contribution in [2.75, 3.05) is 5.73 Å². The minimum atomic E-state index is 0.134. The number of rotatable bonds is 3. The van der Waals surface area contributed by atoms with E-state index in [2.05, 4.69) is 17.1 Å².